The van der Waals surface area contributed by atoms with Gasteiger partial charge in [-0.05, 0) is 51.1 Å². The fourth-order valence-electron chi connectivity index (χ4n) is 3.84. The van der Waals surface area contributed by atoms with Crippen LogP contribution < -0.4 is 0 Å². The summed E-state index contributed by atoms with van der Waals surface area (Å²) in [6, 6.07) is 14.1. The van der Waals surface area contributed by atoms with Crippen LogP contribution >= 0.6 is 11.8 Å². The largest absolute Gasteiger partial charge is 0.383 e. The second-order valence-corrected chi connectivity index (χ2v) is 8.80. The Kier molecular flexibility index (Phi) is 7.05. The number of rotatable bonds is 9. The summed E-state index contributed by atoms with van der Waals surface area (Å²) in [5.41, 5.74) is 5.90. The number of nitrogens with zero attached hydrogens (tertiary/aromatic N) is 5. The van der Waals surface area contributed by atoms with Crippen molar-refractivity contribution in [1.82, 2.24) is 24.3 Å². The third kappa shape index (κ3) is 4.91. The average molecular weight is 462 g/mol. The molecule has 3 heterocycles. The third-order valence-corrected chi connectivity index (χ3v) is 6.50. The van der Waals surface area contributed by atoms with Crippen LogP contribution in [0.25, 0.3) is 17.1 Å². The summed E-state index contributed by atoms with van der Waals surface area (Å²) in [6.07, 6.45) is 3.45. The second-order valence-electron chi connectivity index (χ2n) is 7.85. The predicted octanol–water partition coefficient (Wildman–Crippen LogP) is 4.68. The van der Waals surface area contributed by atoms with Crippen molar-refractivity contribution in [2.24, 2.45) is 0 Å². The van der Waals surface area contributed by atoms with E-state index in [1.807, 2.05) is 36.6 Å². The van der Waals surface area contributed by atoms with E-state index in [-0.39, 0.29) is 11.5 Å². The number of aromatic nitrogens is 5. The van der Waals surface area contributed by atoms with E-state index < -0.39 is 0 Å². The molecule has 0 amide bonds. The molecule has 0 atom stereocenters. The zero-order chi connectivity index (χ0) is 23.4. The first-order chi connectivity index (χ1) is 16.0. The Balaban J connectivity index is 1.55. The first kappa shape index (κ1) is 22.9. The lowest BCUT2D eigenvalue weighted by atomic mass is 10.2. The molecule has 0 saturated carbocycles. The van der Waals surface area contributed by atoms with E-state index in [0.29, 0.717) is 18.3 Å². The maximum Gasteiger partial charge on any atom is 0.192 e. The number of thioether (sulfide) groups is 1. The molecule has 8 heteroatoms. The number of carbonyl (C=O) groups is 1. The fourth-order valence-corrected chi connectivity index (χ4v) is 4.69. The van der Waals surface area contributed by atoms with Crippen LogP contribution in [-0.4, -0.2) is 49.6 Å². The first-order valence-electron chi connectivity index (χ1n) is 10.7. The highest BCUT2D eigenvalue weighted by atomic mass is 32.2. The van der Waals surface area contributed by atoms with E-state index in [1.54, 1.807) is 19.5 Å². The van der Waals surface area contributed by atoms with Gasteiger partial charge in [-0.1, -0.05) is 29.5 Å². The molecule has 0 aliphatic heterocycles. The summed E-state index contributed by atoms with van der Waals surface area (Å²) >= 11 is 1.40. The van der Waals surface area contributed by atoms with E-state index in [9.17, 15) is 4.79 Å². The Morgan fingerprint density at radius 1 is 1.03 bits per heavy atom. The Morgan fingerprint density at radius 2 is 1.76 bits per heavy atom. The van der Waals surface area contributed by atoms with Crippen LogP contribution in [0.2, 0.25) is 0 Å². The molecule has 7 nitrogen and oxygen atoms in total. The van der Waals surface area contributed by atoms with Crippen LogP contribution in [-0.2, 0) is 11.3 Å². The van der Waals surface area contributed by atoms with Gasteiger partial charge in [0.15, 0.2) is 16.8 Å². The SMILES string of the molecule is COCCn1c(SCC(=O)c2cc(C)n(-c3ccc(C)cc3)c2C)nnc1-c1ccncc1. The second kappa shape index (κ2) is 10.1. The Hall–Kier alpha value is -3.23. The number of benzene rings is 1. The lowest BCUT2D eigenvalue weighted by Gasteiger charge is -2.11. The van der Waals surface area contributed by atoms with Crippen LogP contribution in [0.1, 0.15) is 27.3 Å². The van der Waals surface area contributed by atoms with Gasteiger partial charge in [0, 0.05) is 47.7 Å². The molecular weight excluding hydrogens is 434 g/mol. The number of Topliss-reactive ketones (excluding diaryl/α,β-unsaturated/α-hetero) is 1. The number of pyridine rings is 1. The molecule has 0 aliphatic rings. The number of ether oxygens (including phenoxy) is 1. The van der Waals surface area contributed by atoms with E-state index in [2.05, 4.69) is 50.9 Å². The molecule has 0 spiro atoms. The van der Waals surface area contributed by atoms with Gasteiger partial charge in [-0.25, -0.2) is 0 Å². The summed E-state index contributed by atoms with van der Waals surface area (Å²) in [5.74, 6) is 1.08. The van der Waals surface area contributed by atoms with Crippen LogP contribution in [0, 0.1) is 20.8 Å². The van der Waals surface area contributed by atoms with Gasteiger partial charge in [-0.15, -0.1) is 10.2 Å². The summed E-state index contributed by atoms with van der Waals surface area (Å²) < 4.78 is 9.39. The number of methoxy groups -OCH3 is 1. The highest BCUT2D eigenvalue weighted by molar-refractivity contribution is 7.99. The van der Waals surface area contributed by atoms with Crippen molar-refractivity contribution < 1.29 is 9.53 Å². The molecule has 0 N–H and O–H groups in total. The quantitative estimate of drug-likeness (QED) is 0.266. The number of hydrogen-bond donors (Lipinski definition) is 0. The van der Waals surface area contributed by atoms with E-state index in [1.165, 1.54) is 17.3 Å². The zero-order valence-electron chi connectivity index (χ0n) is 19.3. The Morgan fingerprint density at radius 3 is 2.45 bits per heavy atom. The van der Waals surface area contributed by atoms with Crippen molar-refractivity contribution in [2.45, 2.75) is 32.5 Å². The normalized spacial score (nSPS) is 11.2. The van der Waals surface area contributed by atoms with Crippen molar-refractivity contribution in [3.63, 3.8) is 0 Å². The minimum Gasteiger partial charge on any atom is -0.383 e. The predicted molar refractivity (Wildman–Crippen MR) is 130 cm³/mol. The van der Waals surface area contributed by atoms with Crippen LogP contribution in [0.5, 0.6) is 0 Å². The van der Waals surface area contributed by atoms with Gasteiger partial charge in [0.05, 0.1) is 18.9 Å². The number of carbonyl (C=O) groups excluding carboxylic acids is 1. The summed E-state index contributed by atoms with van der Waals surface area (Å²) in [6.45, 7) is 7.21. The standard InChI is InChI=1S/C25H27N5O2S/c1-17-5-7-21(8-6-17)30-18(2)15-22(19(30)3)23(31)16-33-25-28-27-24(29(25)13-14-32-4)20-9-11-26-12-10-20/h5-12,15H,13-14,16H2,1-4H3. The molecule has 0 radical (unpaired) electrons. The minimum absolute atomic E-state index is 0.0678. The van der Waals surface area contributed by atoms with E-state index >= 15 is 0 Å². The number of hydrogen-bond acceptors (Lipinski definition) is 6. The molecule has 170 valence electrons. The van der Waals surface area contributed by atoms with Gasteiger partial charge in [-0.3, -0.25) is 14.3 Å². The lowest BCUT2D eigenvalue weighted by Crippen LogP contribution is -2.10. The molecule has 0 saturated heterocycles. The molecule has 0 aliphatic carbocycles. The Bertz CT molecular complexity index is 1250. The van der Waals surface area contributed by atoms with Crippen molar-refractivity contribution >= 4 is 17.5 Å². The van der Waals surface area contributed by atoms with Crippen molar-refractivity contribution in [1.29, 1.82) is 0 Å². The summed E-state index contributed by atoms with van der Waals surface area (Å²) in [4.78, 5) is 17.2. The van der Waals surface area contributed by atoms with Gasteiger partial charge in [-0.2, -0.15) is 0 Å². The van der Waals surface area contributed by atoms with Crippen LogP contribution in [0.4, 0.5) is 0 Å². The highest BCUT2D eigenvalue weighted by Gasteiger charge is 2.20. The molecule has 0 unspecified atom stereocenters. The molecule has 1 aromatic carbocycles. The van der Waals surface area contributed by atoms with E-state index in [0.717, 1.165) is 34.0 Å². The average Bonchev–Trinajstić information content (AvgIpc) is 3.37. The Labute approximate surface area is 197 Å². The maximum atomic E-state index is 13.2. The molecule has 4 aromatic rings. The fraction of sp³-hybridized carbons (Fsp3) is 0.280. The summed E-state index contributed by atoms with van der Waals surface area (Å²) in [7, 11) is 1.66. The molecule has 4 rings (SSSR count). The van der Waals surface area contributed by atoms with E-state index in [4.69, 9.17) is 4.74 Å². The summed E-state index contributed by atoms with van der Waals surface area (Å²) in [5, 5.41) is 9.41. The monoisotopic (exact) mass is 461 g/mol. The number of aryl methyl sites for hydroxylation is 2. The maximum absolute atomic E-state index is 13.2. The minimum atomic E-state index is 0.0678. The van der Waals surface area contributed by atoms with Gasteiger partial charge < -0.3 is 9.30 Å². The third-order valence-electron chi connectivity index (χ3n) is 5.53. The molecule has 33 heavy (non-hydrogen) atoms. The van der Waals surface area contributed by atoms with Crippen molar-refractivity contribution in [3.8, 4) is 17.1 Å². The number of ketones is 1. The highest BCUT2D eigenvalue weighted by Crippen LogP contribution is 2.26. The molecular formula is C25H27N5O2S. The van der Waals surface area contributed by atoms with Crippen molar-refractivity contribution in [2.75, 3.05) is 19.5 Å². The van der Waals surface area contributed by atoms with Crippen molar-refractivity contribution in [3.05, 3.63) is 77.4 Å². The van der Waals surface area contributed by atoms with Crippen LogP contribution in [0.15, 0.2) is 60.0 Å². The van der Waals surface area contributed by atoms with Gasteiger partial charge >= 0.3 is 0 Å². The van der Waals surface area contributed by atoms with Gasteiger partial charge in [0.2, 0.25) is 0 Å². The van der Waals surface area contributed by atoms with Gasteiger partial charge in [0.25, 0.3) is 0 Å². The molecule has 0 bridgehead atoms. The zero-order valence-corrected chi connectivity index (χ0v) is 20.1. The molecule has 3 aromatic heterocycles. The smallest absolute Gasteiger partial charge is 0.192 e. The lowest BCUT2D eigenvalue weighted by molar-refractivity contribution is 0.102. The van der Waals surface area contributed by atoms with Crippen LogP contribution in [0.3, 0.4) is 0 Å². The topological polar surface area (TPSA) is 74.8 Å². The van der Waals surface area contributed by atoms with Gasteiger partial charge in [0.1, 0.15) is 0 Å². The first-order valence-corrected chi connectivity index (χ1v) is 11.7. The molecule has 0 fully saturated rings.